The molecule has 1 rings (SSSR count). The van der Waals surface area contributed by atoms with Gasteiger partial charge in [0.1, 0.15) is 6.10 Å². The Morgan fingerprint density at radius 3 is 2.29 bits per heavy atom. The molecule has 2 amide bonds. The summed E-state index contributed by atoms with van der Waals surface area (Å²) in [6.45, 7) is 2.03. The zero-order valence-electron chi connectivity index (χ0n) is 9.56. The summed E-state index contributed by atoms with van der Waals surface area (Å²) < 4.78 is 5.06. The molecule has 1 heterocycles. The number of nitrogens with one attached hydrogen (secondary N) is 2. The summed E-state index contributed by atoms with van der Waals surface area (Å²) in [7, 11) is 0. The first-order valence-corrected chi connectivity index (χ1v) is 5.41. The van der Waals surface area contributed by atoms with Gasteiger partial charge < -0.3 is 20.5 Å². The lowest BCUT2D eigenvalue weighted by molar-refractivity contribution is -0.151. The first kappa shape index (κ1) is 13.4. The SMILES string of the molecule is CC(=O)NCCNC(=O)[C@@H]1CC[C@H](C(=O)O)O1. The van der Waals surface area contributed by atoms with Crippen molar-refractivity contribution in [2.24, 2.45) is 0 Å². The van der Waals surface area contributed by atoms with Crippen molar-refractivity contribution >= 4 is 17.8 Å². The van der Waals surface area contributed by atoms with Crippen molar-refractivity contribution in [1.29, 1.82) is 0 Å². The first-order chi connectivity index (χ1) is 8.00. The Bertz CT molecular complexity index is 318. The third-order valence-electron chi connectivity index (χ3n) is 2.39. The molecule has 0 aromatic carbocycles. The summed E-state index contributed by atoms with van der Waals surface area (Å²) in [5.41, 5.74) is 0. The zero-order chi connectivity index (χ0) is 12.8. The van der Waals surface area contributed by atoms with Gasteiger partial charge in [-0.2, -0.15) is 0 Å². The molecule has 0 aromatic rings. The Kier molecular flexibility index (Phi) is 4.89. The first-order valence-electron chi connectivity index (χ1n) is 5.41. The van der Waals surface area contributed by atoms with E-state index in [0.717, 1.165) is 0 Å². The third kappa shape index (κ3) is 4.39. The van der Waals surface area contributed by atoms with E-state index in [0.29, 0.717) is 25.9 Å². The van der Waals surface area contributed by atoms with Gasteiger partial charge in [-0.25, -0.2) is 4.79 Å². The number of carboxylic acids is 1. The summed E-state index contributed by atoms with van der Waals surface area (Å²) >= 11 is 0. The van der Waals surface area contributed by atoms with E-state index in [1.165, 1.54) is 6.92 Å². The summed E-state index contributed by atoms with van der Waals surface area (Å²) in [4.78, 5) is 32.7. The minimum absolute atomic E-state index is 0.165. The topological polar surface area (TPSA) is 105 Å². The van der Waals surface area contributed by atoms with Crippen LogP contribution in [-0.4, -0.2) is 48.2 Å². The molecule has 0 aromatic heterocycles. The number of ether oxygens (including phenoxy) is 1. The van der Waals surface area contributed by atoms with Gasteiger partial charge in [0, 0.05) is 20.0 Å². The second-order valence-corrected chi connectivity index (χ2v) is 3.80. The van der Waals surface area contributed by atoms with E-state index in [2.05, 4.69) is 10.6 Å². The predicted molar refractivity (Wildman–Crippen MR) is 57.2 cm³/mol. The lowest BCUT2D eigenvalue weighted by atomic mass is 10.2. The minimum atomic E-state index is -1.04. The fourth-order valence-corrected chi connectivity index (χ4v) is 1.55. The predicted octanol–water partition coefficient (Wildman–Crippen LogP) is -1.13. The molecule has 0 bridgehead atoms. The van der Waals surface area contributed by atoms with Gasteiger partial charge >= 0.3 is 5.97 Å². The van der Waals surface area contributed by atoms with Crippen LogP contribution in [0.25, 0.3) is 0 Å². The number of carboxylic acid groups (broad SMARTS) is 1. The van der Waals surface area contributed by atoms with Crippen molar-refractivity contribution in [2.45, 2.75) is 32.0 Å². The molecular weight excluding hydrogens is 228 g/mol. The van der Waals surface area contributed by atoms with Crippen LogP contribution in [0.15, 0.2) is 0 Å². The average molecular weight is 244 g/mol. The molecule has 0 spiro atoms. The monoisotopic (exact) mass is 244 g/mol. The van der Waals surface area contributed by atoms with Crippen LogP contribution in [0.1, 0.15) is 19.8 Å². The third-order valence-corrected chi connectivity index (χ3v) is 2.39. The second kappa shape index (κ2) is 6.19. The molecule has 1 aliphatic heterocycles. The van der Waals surface area contributed by atoms with E-state index in [-0.39, 0.29) is 11.8 Å². The molecule has 2 atom stereocenters. The average Bonchev–Trinajstić information content (AvgIpc) is 2.73. The molecule has 1 saturated heterocycles. The van der Waals surface area contributed by atoms with Gasteiger partial charge in [-0.3, -0.25) is 9.59 Å². The van der Waals surface area contributed by atoms with Crippen LogP contribution in [-0.2, 0) is 19.1 Å². The highest BCUT2D eigenvalue weighted by atomic mass is 16.5. The van der Waals surface area contributed by atoms with Gasteiger partial charge in [0.05, 0.1) is 0 Å². The highest BCUT2D eigenvalue weighted by Crippen LogP contribution is 2.19. The molecule has 3 N–H and O–H groups in total. The number of carbonyl (C=O) groups excluding carboxylic acids is 2. The van der Waals surface area contributed by atoms with Crippen molar-refractivity contribution in [1.82, 2.24) is 10.6 Å². The van der Waals surface area contributed by atoms with Gasteiger partial charge in [-0.15, -0.1) is 0 Å². The second-order valence-electron chi connectivity index (χ2n) is 3.80. The fourth-order valence-electron chi connectivity index (χ4n) is 1.55. The smallest absolute Gasteiger partial charge is 0.332 e. The quantitative estimate of drug-likeness (QED) is 0.531. The Balaban J connectivity index is 2.21. The number of rotatable bonds is 5. The van der Waals surface area contributed by atoms with E-state index < -0.39 is 18.2 Å². The Labute approximate surface area is 98.5 Å². The van der Waals surface area contributed by atoms with Gasteiger partial charge in [-0.05, 0) is 12.8 Å². The molecule has 7 heteroatoms. The van der Waals surface area contributed by atoms with Crippen molar-refractivity contribution in [2.75, 3.05) is 13.1 Å². The fraction of sp³-hybridized carbons (Fsp3) is 0.700. The zero-order valence-corrected chi connectivity index (χ0v) is 9.56. The maximum atomic E-state index is 11.5. The number of hydrogen-bond donors (Lipinski definition) is 3. The number of aliphatic carboxylic acids is 1. The number of amides is 2. The highest BCUT2D eigenvalue weighted by molar-refractivity contribution is 5.82. The van der Waals surface area contributed by atoms with Gasteiger partial charge in [0.15, 0.2) is 6.10 Å². The van der Waals surface area contributed by atoms with Crippen LogP contribution in [0, 0.1) is 0 Å². The lowest BCUT2D eigenvalue weighted by Crippen LogP contribution is -2.39. The molecule has 7 nitrogen and oxygen atoms in total. The largest absolute Gasteiger partial charge is 0.479 e. The van der Waals surface area contributed by atoms with Crippen LogP contribution in [0.5, 0.6) is 0 Å². The maximum Gasteiger partial charge on any atom is 0.332 e. The van der Waals surface area contributed by atoms with Crippen molar-refractivity contribution in [3.63, 3.8) is 0 Å². The summed E-state index contributed by atoms with van der Waals surface area (Å²) in [6, 6.07) is 0. The summed E-state index contributed by atoms with van der Waals surface area (Å²) in [5.74, 6) is -1.54. The minimum Gasteiger partial charge on any atom is -0.479 e. The number of carbonyl (C=O) groups is 3. The maximum absolute atomic E-state index is 11.5. The molecule has 0 aliphatic carbocycles. The van der Waals surface area contributed by atoms with E-state index in [4.69, 9.17) is 9.84 Å². The number of hydrogen-bond acceptors (Lipinski definition) is 4. The summed E-state index contributed by atoms with van der Waals surface area (Å²) in [5, 5.41) is 13.8. The molecule has 1 fully saturated rings. The van der Waals surface area contributed by atoms with Crippen LogP contribution < -0.4 is 10.6 Å². The summed E-state index contributed by atoms with van der Waals surface area (Å²) in [6.07, 6.45) is -0.836. The lowest BCUT2D eigenvalue weighted by Gasteiger charge is -2.11. The molecule has 0 unspecified atom stereocenters. The van der Waals surface area contributed by atoms with Crippen LogP contribution >= 0.6 is 0 Å². The van der Waals surface area contributed by atoms with E-state index in [9.17, 15) is 14.4 Å². The standard InChI is InChI=1S/C10H16N2O5/c1-6(13)11-4-5-12-9(14)7-2-3-8(17-7)10(15)16/h7-8H,2-5H2,1H3,(H,11,13)(H,12,14)(H,15,16)/t7-,8+/m0/s1. The van der Waals surface area contributed by atoms with Gasteiger partial charge in [0.2, 0.25) is 11.8 Å². The Morgan fingerprint density at radius 2 is 1.76 bits per heavy atom. The van der Waals surface area contributed by atoms with Crippen molar-refractivity contribution in [3.8, 4) is 0 Å². The van der Waals surface area contributed by atoms with Crippen LogP contribution in [0.2, 0.25) is 0 Å². The molecule has 96 valence electrons. The molecular formula is C10H16N2O5. The molecule has 0 radical (unpaired) electrons. The van der Waals surface area contributed by atoms with Crippen LogP contribution in [0.4, 0.5) is 0 Å². The molecule has 0 saturated carbocycles. The highest BCUT2D eigenvalue weighted by Gasteiger charge is 2.34. The molecule has 1 aliphatic rings. The van der Waals surface area contributed by atoms with Gasteiger partial charge in [0.25, 0.3) is 0 Å². The van der Waals surface area contributed by atoms with E-state index in [1.54, 1.807) is 0 Å². The Hall–Kier alpha value is -1.63. The molecule has 17 heavy (non-hydrogen) atoms. The van der Waals surface area contributed by atoms with E-state index >= 15 is 0 Å². The van der Waals surface area contributed by atoms with Crippen molar-refractivity contribution < 1.29 is 24.2 Å². The van der Waals surface area contributed by atoms with E-state index in [1.807, 2.05) is 0 Å². The van der Waals surface area contributed by atoms with Gasteiger partial charge in [-0.1, -0.05) is 0 Å². The normalized spacial score (nSPS) is 23.1. The van der Waals surface area contributed by atoms with Crippen LogP contribution in [0.3, 0.4) is 0 Å². The van der Waals surface area contributed by atoms with Crippen molar-refractivity contribution in [3.05, 3.63) is 0 Å². The Morgan fingerprint density at radius 1 is 1.18 bits per heavy atom.